The van der Waals surface area contributed by atoms with Crippen molar-refractivity contribution in [2.75, 3.05) is 41.9 Å². The number of azide groups is 1. The Kier molecular flexibility index (Phi) is 20.7. The summed E-state index contributed by atoms with van der Waals surface area (Å²) in [6.45, 7) is 17.6. The predicted molar refractivity (Wildman–Crippen MR) is 231 cm³/mol. The molecule has 0 aliphatic carbocycles. The molecular weight excluding hydrogens is 751 g/mol. The van der Waals surface area contributed by atoms with Gasteiger partial charge in [0, 0.05) is 69.0 Å². The number of amides is 3. The van der Waals surface area contributed by atoms with Crippen LogP contribution in [0.3, 0.4) is 0 Å². The van der Waals surface area contributed by atoms with Gasteiger partial charge in [0.25, 0.3) is 0 Å². The fourth-order valence-corrected chi connectivity index (χ4v) is 8.88. The van der Waals surface area contributed by atoms with Gasteiger partial charge in [-0.05, 0) is 77.1 Å². The van der Waals surface area contributed by atoms with Crippen LogP contribution < -0.4 is 5.32 Å². The number of benzene rings is 1. The number of nitrogens with one attached hydrogen (secondary N) is 1. The molecule has 1 aliphatic heterocycles. The van der Waals surface area contributed by atoms with Gasteiger partial charge in [-0.1, -0.05) is 83.4 Å². The molecule has 2 rings (SSSR count). The minimum atomic E-state index is -0.916. The second kappa shape index (κ2) is 23.8. The van der Waals surface area contributed by atoms with Gasteiger partial charge in [-0.2, -0.15) is 0 Å². The van der Waals surface area contributed by atoms with E-state index in [0.29, 0.717) is 25.8 Å². The van der Waals surface area contributed by atoms with Gasteiger partial charge in [0.2, 0.25) is 17.7 Å². The number of carbonyl (C=O) groups excluding carboxylic acids is 5. The van der Waals surface area contributed by atoms with Crippen molar-refractivity contribution in [3.8, 4) is 0 Å². The molecule has 1 aromatic carbocycles. The van der Waals surface area contributed by atoms with Crippen molar-refractivity contribution in [1.82, 2.24) is 20.0 Å². The zero-order chi connectivity index (χ0) is 44.8. The zero-order valence-electron chi connectivity index (χ0n) is 38.4. The van der Waals surface area contributed by atoms with E-state index < -0.39 is 53.6 Å². The number of hydrogen-bond acceptors (Lipinski definition) is 9. The summed E-state index contributed by atoms with van der Waals surface area (Å²) in [5.74, 6) is -3.14. The Labute approximate surface area is 354 Å². The van der Waals surface area contributed by atoms with Crippen LogP contribution in [-0.4, -0.2) is 128 Å². The van der Waals surface area contributed by atoms with Gasteiger partial charge in [-0.15, -0.1) is 0 Å². The quantitative estimate of drug-likeness (QED) is 0.0699. The molecule has 10 atom stereocenters. The number of likely N-dealkylation sites (N-methyl/N-ethyl adjacent to an activating group) is 2. The van der Waals surface area contributed by atoms with Gasteiger partial charge in [0.05, 0.1) is 42.7 Å². The lowest BCUT2D eigenvalue weighted by atomic mass is 9.84. The summed E-state index contributed by atoms with van der Waals surface area (Å²) in [4.78, 5) is 78.2. The van der Waals surface area contributed by atoms with Crippen molar-refractivity contribution in [1.29, 1.82) is 0 Å². The third-order valence-corrected chi connectivity index (χ3v) is 12.1. The summed E-state index contributed by atoms with van der Waals surface area (Å²) in [6, 6.07) is 7.51. The summed E-state index contributed by atoms with van der Waals surface area (Å²) in [7, 11) is 8.42. The molecule has 3 amide bonds. The van der Waals surface area contributed by atoms with Crippen molar-refractivity contribution < 1.29 is 33.4 Å². The molecule has 1 saturated heterocycles. The summed E-state index contributed by atoms with van der Waals surface area (Å²) in [5.41, 5.74) is 9.82. The van der Waals surface area contributed by atoms with Crippen molar-refractivity contribution in [2.45, 2.75) is 149 Å². The third-order valence-electron chi connectivity index (χ3n) is 12.1. The molecular formula is C45H75N7O7. The van der Waals surface area contributed by atoms with Crippen LogP contribution in [0.5, 0.6) is 0 Å². The molecule has 0 bridgehead atoms. The Hall–Kier alpha value is -3.84. The molecule has 1 N–H and O–H groups in total. The monoisotopic (exact) mass is 826 g/mol. The average Bonchev–Trinajstić information content (AvgIpc) is 3.65. The molecule has 14 heteroatoms. The lowest BCUT2D eigenvalue weighted by Crippen LogP contribution is -2.54. The summed E-state index contributed by atoms with van der Waals surface area (Å²) >= 11 is 0. The van der Waals surface area contributed by atoms with E-state index in [1.807, 2.05) is 105 Å². The predicted octanol–water partition coefficient (Wildman–Crippen LogP) is 6.50. The Morgan fingerprint density at radius 1 is 0.949 bits per heavy atom. The van der Waals surface area contributed by atoms with E-state index >= 15 is 0 Å². The van der Waals surface area contributed by atoms with E-state index in [9.17, 15) is 29.5 Å². The van der Waals surface area contributed by atoms with Gasteiger partial charge in [0.1, 0.15) is 5.78 Å². The van der Waals surface area contributed by atoms with E-state index in [4.69, 9.17) is 9.47 Å². The maximum Gasteiger partial charge on any atom is 0.226 e. The first-order valence-corrected chi connectivity index (χ1v) is 21.4. The molecule has 0 aromatic heterocycles. The lowest BCUT2D eigenvalue weighted by Gasteiger charge is -2.41. The van der Waals surface area contributed by atoms with Crippen LogP contribution in [0.2, 0.25) is 0 Å². The minimum Gasteiger partial charge on any atom is -0.379 e. The Balaban J connectivity index is 2.36. The maximum atomic E-state index is 14.4. The molecule has 14 nitrogen and oxygen atoms in total. The van der Waals surface area contributed by atoms with E-state index in [0.717, 1.165) is 12.0 Å². The lowest BCUT2D eigenvalue weighted by molar-refractivity contribution is -0.148. The molecule has 1 heterocycles. The number of ketones is 2. The van der Waals surface area contributed by atoms with Crippen LogP contribution in [0.4, 0.5) is 0 Å². The molecule has 0 unspecified atom stereocenters. The van der Waals surface area contributed by atoms with Crippen LogP contribution in [0.1, 0.15) is 106 Å². The van der Waals surface area contributed by atoms with Crippen LogP contribution in [0.25, 0.3) is 10.4 Å². The van der Waals surface area contributed by atoms with Crippen LogP contribution >= 0.6 is 0 Å². The number of carbonyl (C=O) groups is 5. The number of nitrogens with zero attached hydrogens (tertiary/aromatic N) is 6. The van der Waals surface area contributed by atoms with Gasteiger partial charge in [0.15, 0.2) is 5.78 Å². The van der Waals surface area contributed by atoms with Crippen molar-refractivity contribution >= 4 is 29.3 Å². The number of likely N-dealkylation sites (tertiary alicyclic amines) is 1. The van der Waals surface area contributed by atoms with E-state index in [-0.39, 0.29) is 66.4 Å². The number of Topliss-reactive ketones (excluding diaryl/α,β-unsaturated/α-hetero) is 2. The Morgan fingerprint density at radius 3 is 2.08 bits per heavy atom. The second-order valence-electron chi connectivity index (χ2n) is 18.3. The zero-order valence-corrected chi connectivity index (χ0v) is 38.4. The van der Waals surface area contributed by atoms with Gasteiger partial charge < -0.3 is 24.6 Å². The molecule has 1 aliphatic rings. The number of rotatable bonds is 24. The van der Waals surface area contributed by atoms with E-state index in [1.165, 1.54) is 7.11 Å². The van der Waals surface area contributed by atoms with Gasteiger partial charge >= 0.3 is 0 Å². The highest BCUT2D eigenvalue weighted by atomic mass is 16.5. The van der Waals surface area contributed by atoms with Crippen molar-refractivity contribution in [3.05, 3.63) is 46.3 Å². The largest absolute Gasteiger partial charge is 0.379 e. The van der Waals surface area contributed by atoms with Gasteiger partial charge in [-0.25, -0.2) is 0 Å². The fraction of sp³-hybridized carbons (Fsp3) is 0.756. The van der Waals surface area contributed by atoms with Crippen LogP contribution in [-0.2, 0) is 39.9 Å². The molecule has 1 fully saturated rings. The topological polar surface area (TPSA) is 174 Å². The normalized spacial score (nSPS) is 19.1. The summed E-state index contributed by atoms with van der Waals surface area (Å²) in [5, 5.41) is 6.91. The van der Waals surface area contributed by atoms with Gasteiger partial charge in [-0.3, -0.25) is 28.9 Å². The second-order valence-corrected chi connectivity index (χ2v) is 18.3. The third kappa shape index (κ3) is 14.7. The molecule has 332 valence electrons. The highest BCUT2D eigenvalue weighted by Gasteiger charge is 2.44. The Morgan fingerprint density at radius 2 is 1.58 bits per heavy atom. The highest BCUT2D eigenvalue weighted by molar-refractivity contribution is 5.91. The summed E-state index contributed by atoms with van der Waals surface area (Å²) < 4.78 is 12.1. The SMILES string of the molecule is CC[C@H](C)[C@@H]([C@@H](CC(=O)N1CCC[C@H]1[C@H](OC)[C@@H](C)C(=O)C[C@@H](Cc1ccccc1)C(=O)NC(C)(C)C)OC)N(C)C(=O)[C@@H](CC(=O)[C@H](C(C)C)N(C)C)[C@H](C)N=[N+]=[N-]. The number of methoxy groups -OCH3 is 2. The molecule has 0 spiro atoms. The van der Waals surface area contributed by atoms with Crippen molar-refractivity contribution in [2.24, 2.45) is 34.7 Å². The maximum absolute atomic E-state index is 14.4. The molecule has 1 aromatic rings. The number of ether oxygens (including phenoxy) is 2. The van der Waals surface area contributed by atoms with E-state index in [2.05, 4.69) is 15.3 Å². The first-order chi connectivity index (χ1) is 27.6. The summed E-state index contributed by atoms with van der Waals surface area (Å²) in [6.07, 6.45) is 1.04. The number of hydrogen-bond donors (Lipinski definition) is 1. The van der Waals surface area contributed by atoms with Crippen LogP contribution in [0.15, 0.2) is 35.4 Å². The standard InChI is InChI=1S/C45H75N7O7/c1-15-29(4)41(51(12)44(57)34(31(6)48-49-46)26-37(54)40(28(2)3)50(10)11)38(58-13)27-39(55)52-23-19-22-35(52)42(59-14)30(5)36(53)25-33(43(56)47-45(7,8)9)24-32-20-17-16-18-21-32/h16-18,20-21,28-31,33-35,38,40-42H,15,19,22-27H2,1-14H3,(H,47,56)/t29-,30-,31-,33+,34-,35-,38+,40-,41-,42+/m0/s1. The minimum absolute atomic E-state index is 0.00205. The smallest absolute Gasteiger partial charge is 0.226 e. The average molecular weight is 826 g/mol. The fourth-order valence-electron chi connectivity index (χ4n) is 8.88. The molecule has 0 saturated carbocycles. The van der Waals surface area contributed by atoms with Crippen molar-refractivity contribution in [3.63, 3.8) is 0 Å². The van der Waals surface area contributed by atoms with Crippen LogP contribution in [0, 0.1) is 29.6 Å². The Bertz CT molecular complexity index is 1570. The molecule has 59 heavy (non-hydrogen) atoms. The molecule has 0 radical (unpaired) electrons. The first-order valence-electron chi connectivity index (χ1n) is 21.4. The first kappa shape index (κ1) is 51.3. The highest BCUT2D eigenvalue weighted by Crippen LogP contribution is 2.32. The van der Waals surface area contributed by atoms with E-state index in [1.54, 1.807) is 30.9 Å².